The first-order valence-corrected chi connectivity index (χ1v) is 10.7. The Morgan fingerprint density at radius 2 is 1.79 bits per heavy atom. The molecule has 1 aromatic carbocycles. The zero-order valence-corrected chi connectivity index (χ0v) is 16.7. The van der Waals surface area contributed by atoms with E-state index in [2.05, 4.69) is 0 Å². The van der Waals surface area contributed by atoms with Crippen LogP contribution in [-0.2, 0) is 28.6 Å². The van der Waals surface area contributed by atoms with Crippen molar-refractivity contribution < 1.29 is 26.9 Å². The van der Waals surface area contributed by atoms with Gasteiger partial charge in [-0.2, -0.15) is 8.42 Å². The predicted molar refractivity (Wildman–Crippen MR) is 101 cm³/mol. The van der Waals surface area contributed by atoms with Crippen molar-refractivity contribution in [1.29, 1.82) is 0 Å². The predicted octanol–water partition coefficient (Wildman–Crippen LogP) is 2.80. The van der Waals surface area contributed by atoms with Crippen molar-refractivity contribution in [3.05, 3.63) is 53.1 Å². The number of benzene rings is 1. The van der Waals surface area contributed by atoms with Gasteiger partial charge in [-0.3, -0.25) is 13.8 Å². The largest absolute Gasteiger partial charge is 0.461 e. The summed E-state index contributed by atoms with van der Waals surface area (Å²) in [4.78, 5) is 24.9. The summed E-state index contributed by atoms with van der Waals surface area (Å²) in [5.74, 6) is -1.79. The minimum atomic E-state index is -4.02. The highest BCUT2D eigenvalue weighted by Gasteiger charge is 2.55. The molecule has 0 spiro atoms. The molecule has 1 aromatic rings. The Morgan fingerprint density at radius 1 is 1.11 bits per heavy atom. The number of hydrogen-bond donors (Lipinski definition) is 0. The summed E-state index contributed by atoms with van der Waals surface area (Å²) in [5.41, 5.74) is 2.23. The van der Waals surface area contributed by atoms with Gasteiger partial charge in [-0.15, -0.1) is 0 Å². The fraction of sp³-hybridized carbons (Fsp3) is 0.429. The van der Waals surface area contributed by atoms with Crippen LogP contribution in [0.25, 0.3) is 0 Å². The summed E-state index contributed by atoms with van der Waals surface area (Å²) >= 11 is 0. The van der Waals surface area contributed by atoms with Crippen molar-refractivity contribution in [2.24, 2.45) is 17.8 Å². The van der Waals surface area contributed by atoms with E-state index in [-0.39, 0.29) is 29.0 Å². The van der Waals surface area contributed by atoms with Crippen LogP contribution in [-0.4, -0.2) is 32.4 Å². The molecule has 0 amide bonds. The standard InChI is InChI=1S/C21H22O6S/c1-11-9-15(22)17-12(2)10-16(19-13(3)21(23)26-20(19)18(11)17)27-28(24,25)14-7-5-4-6-8-14/h4-9,13,16,18-20H,10H2,1-3H3/t13-,16-,18-,19-,20+/m0/s1. The van der Waals surface area contributed by atoms with Crippen molar-refractivity contribution in [3.63, 3.8) is 0 Å². The van der Waals surface area contributed by atoms with Gasteiger partial charge in [-0.25, -0.2) is 0 Å². The van der Waals surface area contributed by atoms with E-state index in [0.29, 0.717) is 5.57 Å². The average Bonchev–Trinajstić information content (AvgIpc) is 3.05. The zero-order valence-electron chi connectivity index (χ0n) is 15.9. The van der Waals surface area contributed by atoms with Gasteiger partial charge < -0.3 is 4.74 Å². The van der Waals surface area contributed by atoms with Crippen molar-refractivity contribution >= 4 is 21.9 Å². The van der Waals surface area contributed by atoms with E-state index in [1.54, 1.807) is 31.2 Å². The van der Waals surface area contributed by atoms with E-state index in [0.717, 1.165) is 11.1 Å². The Balaban J connectivity index is 1.76. The summed E-state index contributed by atoms with van der Waals surface area (Å²) < 4.78 is 37.0. The van der Waals surface area contributed by atoms with E-state index >= 15 is 0 Å². The lowest BCUT2D eigenvalue weighted by molar-refractivity contribution is -0.144. The molecular formula is C21H22O6S. The molecule has 0 unspecified atom stereocenters. The number of carbonyl (C=O) groups excluding carboxylic acids is 2. The maximum Gasteiger partial charge on any atom is 0.309 e. The van der Waals surface area contributed by atoms with Gasteiger partial charge in [0.15, 0.2) is 5.78 Å². The number of hydrogen-bond acceptors (Lipinski definition) is 6. The van der Waals surface area contributed by atoms with E-state index in [1.807, 2.05) is 13.8 Å². The maximum atomic E-state index is 12.8. The van der Waals surface area contributed by atoms with Gasteiger partial charge in [-0.05, 0) is 38.5 Å². The van der Waals surface area contributed by atoms with Crippen LogP contribution in [0.3, 0.4) is 0 Å². The van der Waals surface area contributed by atoms with Crippen LogP contribution in [0.2, 0.25) is 0 Å². The highest BCUT2D eigenvalue weighted by molar-refractivity contribution is 7.86. The Bertz CT molecular complexity index is 1000. The van der Waals surface area contributed by atoms with Crippen LogP contribution < -0.4 is 0 Å². The van der Waals surface area contributed by atoms with Crippen LogP contribution in [0.5, 0.6) is 0 Å². The molecule has 1 heterocycles. The molecule has 0 bridgehead atoms. The number of fused-ring (bicyclic) bond motifs is 3. The molecule has 6 nitrogen and oxygen atoms in total. The molecule has 148 valence electrons. The van der Waals surface area contributed by atoms with Gasteiger partial charge in [0.25, 0.3) is 10.1 Å². The fourth-order valence-corrected chi connectivity index (χ4v) is 5.81. The first kappa shape index (κ1) is 19.1. The van der Waals surface area contributed by atoms with Gasteiger partial charge in [0.05, 0.1) is 16.9 Å². The van der Waals surface area contributed by atoms with Crippen LogP contribution in [0.1, 0.15) is 27.2 Å². The topological polar surface area (TPSA) is 86.7 Å². The van der Waals surface area contributed by atoms with Crippen molar-refractivity contribution in [3.8, 4) is 0 Å². The Hall–Kier alpha value is -2.25. The highest BCUT2D eigenvalue weighted by atomic mass is 32.2. The molecule has 3 aliphatic rings. The van der Waals surface area contributed by atoms with Gasteiger partial charge in [0.2, 0.25) is 0 Å². The normalized spacial score (nSPS) is 32.5. The van der Waals surface area contributed by atoms with Crippen LogP contribution in [0, 0.1) is 17.8 Å². The minimum Gasteiger partial charge on any atom is -0.461 e. The molecule has 5 atom stereocenters. The molecule has 0 radical (unpaired) electrons. The molecular weight excluding hydrogens is 380 g/mol. The lowest BCUT2D eigenvalue weighted by Crippen LogP contribution is -2.38. The van der Waals surface area contributed by atoms with Crippen LogP contribution >= 0.6 is 0 Å². The van der Waals surface area contributed by atoms with Gasteiger partial charge in [0, 0.05) is 17.4 Å². The second-order valence-corrected chi connectivity index (χ2v) is 9.37. The molecule has 0 saturated carbocycles. The van der Waals surface area contributed by atoms with Crippen molar-refractivity contribution in [2.75, 3.05) is 0 Å². The Labute approximate surface area is 164 Å². The third-order valence-electron chi connectivity index (χ3n) is 6.01. The third-order valence-corrected chi connectivity index (χ3v) is 7.36. The molecule has 28 heavy (non-hydrogen) atoms. The van der Waals surface area contributed by atoms with Gasteiger partial charge in [0.1, 0.15) is 6.10 Å². The van der Waals surface area contributed by atoms with E-state index in [4.69, 9.17) is 8.92 Å². The SMILES string of the molecule is CC1=CC(=O)C2=C(C)C[C@H](OS(=O)(=O)c3ccccc3)[C@H]3[C@H](OC(=O)[C@H]3C)[C@@H]12. The number of ether oxygens (including phenoxy) is 1. The number of rotatable bonds is 3. The highest BCUT2D eigenvalue weighted by Crippen LogP contribution is 2.49. The lowest BCUT2D eigenvalue weighted by atomic mass is 9.80. The molecule has 1 aliphatic heterocycles. The summed E-state index contributed by atoms with van der Waals surface area (Å²) in [7, 11) is -4.02. The van der Waals surface area contributed by atoms with Crippen molar-refractivity contribution in [1.82, 2.24) is 0 Å². The molecule has 0 N–H and O–H groups in total. The third kappa shape index (κ3) is 2.93. The number of esters is 1. The quantitative estimate of drug-likeness (QED) is 0.571. The molecule has 1 fully saturated rings. The van der Waals surface area contributed by atoms with Crippen molar-refractivity contribution in [2.45, 2.75) is 44.3 Å². The second-order valence-electron chi connectivity index (χ2n) is 7.80. The molecule has 2 aliphatic carbocycles. The maximum absolute atomic E-state index is 12.8. The minimum absolute atomic E-state index is 0.0614. The monoisotopic (exact) mass is 402 g/mol. The molecule has 0 aromatic heterocycles. The number of allylic oxidation sites excluding steroid dienone is 1. The summed E-state index contributed by atoms with van der Waals surface area (Å²) in [6.07, 6.45) is 0.454. The summed E-state index contributed by atoms with van der Waals surface area (Å²) in [5, 5.41) is 0. The lowest BCUT2D eigenvalue weighted by Gasteiger charge is -2.29. The Morgan fingerprint density at radius 3 is 2.46 bits per heavy atom. The second kappa shape index (κ2) is 6.67. The molecule has 4 rings (SSSR count). The van der Waals surface area contributed by atoms with Gasteiger partial charge >= 0.3 is 5.97 Å². The van der Waals surface area contributed by atoms with E-state index < -0.39 is 34.2 Å². The number of ketones is 1. The van der Waals surface area contributed by atoms with E-state index in [1.165, 1.54) is 12.1 Å². The Kier molecular flexibility index (Phi) is 4.55. The first-order valence-electron chi connectivity index (χ1n) is 9.31. The van der Waals surface area contributed by atoms with Crippen LogP contribution in [0.15, 0.2) is 58.0 Å². The molecule has 1 saturated heterocycles. The smallest absolute Gasteiger partial charge is 0.309 e. The summed E-state index contributed by atoms with van der Waals surface area (Å²) in [6, 6.07) is 7.92. The average molecular weight is 402 g/mol. The van der Waals surface area contributed by atoms with E-state index in [9.17, 15) is 18.0 Å². The first-order chi connectivity index (χ1) is 13.2. The summed E-state index contributed by atoms with van der Waals surface area (Å²) in [6.45, 7) is 5.40. The van der Waals surface area contributed by atoms with Gasteiger partial charge in [-0.1, -0.05) is 36.3 Å². The molecule has 7 heteroatoms. The van der Waals surface area contributed by atoms with Crippen LogP contribution in [0.4, 0.5) is 0 Å². The fourth-order valence-electron chi connectivity index (χ4n) is 4.69. The number of carbonyl (C=O) groups is 2. The zero-order chi connectivity index (χ0) is 20.2.